The maximum absolute atomic E-state index is 13.9. The van der Waals surface area contributed by atoms with Gasteiger partial charge in [0.2, 0.25) is 5.88 Å². The average Bonchev–Trinajstić information content (AvgIpc) is 2.82. The zero-order chi connectivity index (χ0) is 15.0. The van der Waals surface area contributed by atoms with Gasteiger partial charge in [0.1, 0.15) is 17.3 Å². The standard InChI is InChI=1S/C16H12F2N2O/c1-9-5-7-10(8-6-9)13-15(20-21-16(13)19)14-11(17)3-2-4-12(14)18/h2-8H,19H2,1H3. The molecule has 0 bridgehead atoms. The monoisotopic (exact) mass is 286 g/mol. The third-order valence-corrected chi connectivity index (χ3v) is 3.26. The minimum Gasteiger partial charge on any atom is -0.367 e. The Balaban J connectivity index is 2.24. The van der Waals surface area contributed by atoms with Crippen molar-refractivity contribution in [2.45, 2.75) is 6.92 Å². The van der Waals surface area contributed by atoms with Gasteiger partial charge in [0.25, 0.3) is 0 Å². The summed E-state index contributed by atoms with van der Waals surface area (Å²) in [5.41, 5.74) is 7.74. The Labute approximate surface area is 120 Å². The fraction of sp³-hybridized carbons (Fsp3) is 0.0625. The number of rotatable bonds is 2. The van der Waals surface area contributed by atoms with E-state index in [4.69, 9.17) is 10.3 Å². The zero-order valence-electron chi connectivity index (χ0n) is 11.2. The van der Waals surface area contributed by atoms with Gasteiger partial charge in [-0.05, 0) is 24.6 Å². The summed E-state index contributed by atoms with van der Waals surface area (Å²) in [5, 5.41) is 3.73. The fourth-order valence-electron chi connectivity index (χ4n) is 2.20. The second-order valence-corrected chi connectivity index (χ2v) is 4.73. The Kier molecular flexibility index (Phi) is 3.17. The highest BCUT2D eigenvalue weighted by atomic mass is 19.1. The van der Waals surface area contributed by atoms with Crippen LogP contribution in [0.4, 0.5) is 14.7 Å². The first-order valence-electron chi connectivity index (χ1n) is 6.34. The predicted octanol–water partition coefficient (Wildman–Crippen LogP) is 4.18. The molecule has 21 heavy (non-hydrogen) atoms. The summed E-state index contributed by atoms with van der Waals surface area (Å²) in [4.78, 5) is 0. The summed E-state index contributed by atoms with van der Waals surface area (Å²) >= 11 is 0. The van der Waals surface area contributed by atoms with Crippen molar-refractivity contribution in [1.82, 2.24) is 5.16 Å². The third kappa shape index (κ3) is 2.27. The number of hydrogen-bond acceptors (Lipinski definition) is 3. The van der Waals surface area contributed by atoms with E-state index in [1.54, 1.807) is 12.1 Å². The molecule has 2 aromatic carbocycles. The maximum Gasteiger partial charge on any atom is 0.230 e. The Morgan fingerprint density at radius 2 is 1.57 bits per heavy atom. The second kappa shape index (κ2) is 5.01. The SMILES string of the molecule is Cc1ccc(-c2c(-c3c(F)cccc3F)noc2N)cc1. The molecule has 0 spiro atoms. The minimum atomic E-state index is -0.711. The van der Waals surface area contributed by atoms with Crippen molar-refractivity contribution in [3.63, 3.8) is 0 Å². The number of anilines is 1. The van der Waals surface area contributed by atoms with Crippen LogP contribution < -0.4 is 5.73 Å². The summed E-state index contributed by atoms with van der Waals surface area (Å²) < 4.78 is 32.8. The quantitative estimate of drug-likeness (QED) is 0.769. The first-order chi connectivity index (χ1) is 10.1. The Hall–Kier alpha value is -2.69. The summed E-state index contributed by atoms with van der Waals surface area (Å²) in [6.07, 6.45) is 0. The van der Waals surface area contributed by atoms with Crippen LogP contribution in [0.3, 0.4) is 0 Å². The van der Waals surface area contributed by atoms with Crippen LogP contribution in [0.2, 0.25) is 0 Å². The molecule has 0 saturated heterocycles. The lowest BCUT2D eigenvalue weighted by atomic mass is 9.99. The van der Waals surface area contributed by atoms with Gasteiger partial charge in [-0.3, -0.25) is 0 Å². The first-order valence-corrected chi connectivity index (χ1v) is 6.34. The predicted molar refractivity (Wildman–Crippen MR) is 76.4 cm³/mol. The summed E-state index contributed by atoms with van der Waals surface area (Å²) in [7, 11) is 0. The van der Waals surface area contributed by atoms with Crippen molar-refractivity contribution in [2.24, 2.45) is 0 Å². The highest BCUT2D eigenvalue weighted by Gasteiger charge is 2.22. The van der Waals surface area contributed by atoms with Gasteiger partial charge in [-0.25, -0.2) is 8.78 Å². The van der Waals surface area contributed by atoms with E-state index in [9.17, 15) is 8.78 Å². The fourth-order valence-corrected chi connectivity index (χ4v) is 2.20. The number of nitrogen functional groups attached to an aromatic ring is 1. The van der Waals surface area contributed by atoms with Crippen molar-refractivity contribution < 1.29 is 13.3 Å². The molecule has 0 aliphatic rings. The molecule has 1 aromatic heterocycles. The molecule has 5 heteroatoms. The lowest BCUT2D eigenvalue weighted by molar-refractivity contribution is 0.438. The molecule has 1 heterocycles. The maximum atomic E-state index is 13.9. The number of aryl methyl sites for hydroxylation is 1. The van der Waals surface area contributed by atoms with Crippen LogP contribution in [0.5, 0.6) is 0 Å². The van der Waals surface area contributed by atoms with Gasteiger partial charge in [0.05, 0.1) is 11.1 Å². The minimum absolute atomic E-state index is 0.0245. The van der Waals surface area contributed by atoms with E-state index in [-0.39, 0.29) is 17.1 Å². The third-order valence-electron chi connectivity index (χ3n) is 3.26. The second-order valence-electron chi connectivity index (χ2n) is 4.73. The van der Waals surface area contributed by atoms with Crippen LogP contribution in [-0.4, -0.2) is 5.16 Å². The van der Waals surface area contributed by atoms with Crippen LogP contribution in [0, 0.1) is 18.6 Å². The van der Waals surface area contributed by atoms with Gasteiger partial charge in [-0.1, -0.05) is 41.1 Å². The molecule has 0 aliphatic carbocycles. The van der Waals surface area contributed by atoms with Crippen LogP contribution >= 0.6 is 0 Å². The molecular formula is C16H12F2N2O. The Morgan fingerprint density at radius 1 is 0.952 bits per heavy atom. The van der Waals surface area contributed by atoms with Gasteiger partial charge in [-0.2, -0.15) is 0 Å². The highest BCUT2D eigenvalue weighted by Crippen LogP contribution is 2.38. The van der Waals surface area contributed by atoms with Gasteiger partial charge >= 0.3 is 0 Å². The van der Waals surface area contributed by atoms with E-state index in [0.717, 1.165) is 5.56 Å². The molecule has 3 rings (SSSR count). The molecule has 106 valence electrons. The largest absolute Gasteiger partial charge is 0.367 e. The molecule has 0 amide bonds. The van der Waals surface area contributed by atoms with Crippen molar-refractivity contribution in [1.29, 1.82) is 0 Å². The molecule has 0 unspecified atom stereocenters. The van der Waals surface area contributed by atoms with Gasteiger partial charge in [-0.15, -0.1) is 0 Å². The van der Waals surface area contributed by atoms with E-state index in [1.165, 1.54) is 18.2 Å². The highest BCUT2D eigenvalue weighted by molar-refractivity contribution is 5.87. The normalized spacial score (nSPS) is 10.8. The van der Waals surface area contributed by atoms with E-state index >= 15 is 0 Å². The van der Waals surface area contributed by atoms with E-state index in [2.05, 4.69) is 5.16 Å². The number of aromatic nitrogens is 1. The van der Waals surface area contributed by atoms with Crippen molar-refractivity contribution in [3.8, 4) is 22.4 Å². The van der Waals surface area contributed by atoms with Crippen molar-refractivity contribution in [2.75, 3.05) is 5.73 Å². The van der Waals surface area contributed by atoms with Gasteiger partial charge in [0.15, 0.2) is 0 Å². The molecule has 0 atom stereocenters. The average molecular weight is 286 g/mol. The number of hydrogen-bond donors (Lipinski definition) is 1. The molecular weight excluding hydrogens is 274 g/mol. The van der Waals surface area contributed by atoms with Crippen LogP contribution in [0.1, 0.15) is 5.56 Å². The topological polar surface area (TPSA) is 52.0 Å². The number of benzene rings is 2. The molecule has 3 aromatic rings. The van der Waals surface area contributed by atoms with Gasteiger partial charge < -0.3 is 10.3 Å². The number of halogens is 2. The van der Waals surface area contributed by atoms with Crippen molar-refractivity contribution >= 4 is 5.88 Å². The van der Waals surface area contributed by atoms with Crippen LogP contribution in [-0.2, 0) is 0 Å². The Morgan fingerprint density at radius 3 is 2.19 bits per heavy atom. The first kappa shape index (κ1) is 13.3. The smallest absolute Gasteiger partial charge is 0.230 e. The zero-order valence-corrected chi connectivity index (χ0v) is 11.2. The number of nitrogens with two attached hydrogens (primary N) is 1. The lowest BCUT2D eigenvalue weighted by Gasteiger charge is -2.05. The van der Waals surface area contributed by atoms with Crippen LogP contribution in [0.25, 0.3) is 22.4 Å². The van der Waals surface area contributed by atoms with E-state index in [0.29, 0.717) is 11.1 Å². The molecule has 0 saturated carbocycles. The Bertz CT molecular complexity index is 774. The summed E-state index contributed by atoms with van der Waals surface area (Å²) in [5.74, 6) is -1.40. The van der Waals surface area contributed by atoms with E-state index < -0.39 is 11.6 Å². The number of nitrogens with zero attached hydrogens (tertiary/aromatic N) is 1. The van der Waals surface area contributed by atoms with E-state index in [1.807, 2.05) is 19.1 Å². The molecule has 2 N–H and O–H groups in total. The summed E-state index contributed by atoms with van der Waals surface area (Å²) in [6.45, 7) is 1.94. The summed E-state index contributed by atoms with van der Waals surface area (Å²) in [6, 6.07) is 11.0. The molecule has 0 radical (unpaired) electrons. The molecule has 0 aliphatic heterocycles. The lowest BCUT2D eigenvalue weighted by Crippen LogP contribution is -1.93. The van der Waals surface area contributed by atoms with Gasteiger partial charge in [0, 0.05) is 0 Å². The molecule has 3 nitrogen and oxygen atoms in total. The van der Waals surface area contributed by atoms with Crippen molar-refractivity contribution in [3.05, 3.63) is 59.7 Å². The molecule has 0 fully saturated rings. The van der Waals surface area contributed by atoms with Crippen LogP contribution in [0.15, 0.2) is 47.0 Å².